The number of benzene rings is 2. The average molecular weight is 367 g/mol. The zero-order chi connectivity index (χ0) is 18.5. The van der Waals surface area contributed by atoms with Crippen molar-refractivity contribution in [3.8, 4) is 0 Å². The van der Waals surface area contributed by atoms with E-state index in [1.165, 1.54) is 0 Å². The van der Waals surface area contributed by atoms with Crippen LogP contribution < -0.4 is 10.6 Å². The van der Waals surface area contributed by atoms with Gasteiger partial charge in [0.05, 0.1) is 0 Å². The van der Waals surface area contributed by atoms with E-state index in [9.17, 15) is 4.79 Å². The first-order valence-electron chi connectivity index (χ1n) is 8.22. The summed E-state index contributed by atoms with van der Waals surface area (Å²) < 4.78 is 0. The molecule has 1 amide bonds. The molecule has 2 N–H and O–H groups in total. The van der Waals surface area contributed by atoms with Crippen LogP contribution in [0.2, 0.25) is 5.02 Å². The third-order valence-corrected chi connectivity index (χ3v) is 4.07. The van der Waals surface area contributed by atoms with Gasteiger partial charge >= 0.3 is 0 Å². The second-order valence-electron chi connectivity index (χ2n) is 5.94. The zero-order valence-corrected chi connectivity index (χ0v) is 15.3. The van der Waals surface area contributed by atoms with Gasteiger partial charge < -0.3 is 10.6 Å². The Labute approximate surface area is 157 Å². The lowest BCUT2D eigenvalue weighted by atomic mass is 10.2. The van der Waals surface area contributed by atoms with Crippen LogP contribution in [-0.4, -0.2) is 15.9 Å². The molecule has 26 heavy (non-hydrogen) atoms. The number of aromatic nitrogens is 2. The summed E-state index contributed by atoms with van der Waals surface area (Å²) in [6.45, 7) is 4.28. The van der Waals surface area contributed by atoms with Crippen molar-refractivity contribution in [2.24, 2.45) is 0 Å². The van der Waals surface area contributed by atoms with Crippen LogP contribution >= 0.6 is 11.6 Å². The molecule has 0 saturated heterocycles. The molecule has 2 aromatic carbocycles. The topological polar surface area (TPSA) is 66.9 Å². The molecule has 1 aromatic heterocycles. The van der Waals surface area contributed by atoms with Crippen LogP contribution in [0.25, 0.3) is 0 Å². The van der Waals surface area contributed by atoms with Gasteiger partial charge in [-0.25, -0.2) is 9.97 Å². The summed E-state index contributed by atoms with van der Waals surface area (Å²) in [5.41, 5.74) is 3.02. The summed E-state index contributed by atoms with van der Waals surface area (Å²) in [7, 11) is 0. The molecule has 3 rings (SSSR count). The zero-order valence-electron chi connectivity index (χ0n) is 14.6. The van der Waals surface area contributed by atoms with E-state index in [0.29, 0.717) is 34.6 Å². The van der Waals surface area contributed by atoms with Crippen LogP contribution in [0.4, 0.5) is 11.5 Å². The van der Waals surface area contributed by atoms with E-state index < -0.39 is 0 Å². The molecule has 3 aromatic rings. The number of carbonyl (C=O) groups excluding carboxylic acids is 1. The van der Waals surface area contributed by atoms with Crippen LogP contribution in [0.1, 0.15) is 27.4 Å². The summed E-state index contributed by atoms with van der Waals surface area (Å²) in [5, 5.41) is 6.65. The van der Waals surface area contributed by atoms with Crippen LogP contribution in [0.3, 0.4) is 0 Å². The van der Waals surface area contributed by atoms with Crippen molar-refractivity contribution in [2.75, 3.05) is 10.6 Å². The van der Waals surface area contributed by atoms with Crippen LogP contribution in [0, 0.1) is 13.8 Å². The summed E-state index contributed by atoms with van der Waals surface area (Å²) in [5.74, 6) is 0.828. The Balaban J connectivity index is 1.76. The number of anilines is 2. The lowest BCUT2D eigenvalue weighted by Crippen LogP contribution is -2.16. The standard InChI is InChI=1S/C20H19ClN4O/c1-13-8-9-16(21)10-17(13)25-20(26)18-11-19(24-14(2)23-18)22-12-15-6-4-3-5-7-15/h3-11H,12H2,1-2H3,(H,25,26)(H,22,23,24). The lowest BCUT2D eigenvalue weighted by Gasteiger charge is -2.11. The van der Waals surface area contributed by atoms with Crippen LogP contribution in [-0.2, 0) is 6.54 Å². The van der Waals surface area contributed by atoms with E-state index in [1.807, 2.05) is 43.3 Å². The smallest absolute Gasteiger partial charge is 0.274 e. The van der Waals surface area contributed by atoms with Crippen molar-refractivity contribution in [1.82, 2.24) is 9.97 Å². The maximum atomic E-state index is 12.6. The van der Waals surface area contributed by atoms with E-state index >= 15 is 0 Å². The van der Waals surface area contributed by atoms with E-state index in [2.05, 4.69) is 20.6 Å². The van der Waals surface area contributed by atoms with Crippen LogP contribution in [0.15, 0.2) is 54.6 Å². The van der Waals surface area contributed by atoms with E-state index in [-0.39, 0.29) is 5.91 Å². The number of amides is 1. The van der Waals surface area contributed by atoms with Crippen molar-refractivity contribution >= 4 is 29.0 Å². The minimum Gasteiger partial charge on any atom is -0.366 e. The van der Waals surface area contributed by atoms with Gasteiger partial charge in [0.15, 0.2) is 0 Å². The molecule has 0 aliphatic heterocycles. The third kappa shape index (κ3) is 4.58. The van der Waals surface area contributed by atoms with Crippen molar-refractivity contribution in [1.29, 1.82) is 0 Å². The van der Waals surface area contributed by atoms with Gasteiger partial charge in [0, 0.05) is 23.3 Å². The Kier molecular flexibility index (Phi) is 5.49. The lowest BCUT2D eigenvalue weighted by molar-refractivity contribution is 0.102. The van der Waals surface area contributed by atoms with Gasteiger partial charge in [0.2, 0.25) is 0 Å². The summed E-state index contributed by atoms with van der Waals surface area (Å²) in [6, 6.07) is 17.0. The van der Waals surface area contributed by atoms with Gasteiger partial charge in [-0.2, -0.15) is 0 Å². The highest BCUT2D eigenvalue weighted by Gasteiger charge is 2.12. The second-order valence-corrected chi connectivity index (χ2v) is 6.37. The number of hydrogen-bond donors (Lipinski definition) is 2. The molecule has 132 valence electrons. The fraction of sp³-hybridized carbons (Fsp3) is 0.150. The number of nitrogens with one attached hydrogen (secondary N) is 2. The highest BCUT2D eigenvalue weighted by molar-refractivity contribution is 6.31. The number of hydrogen-bond acceptors (Lipinski definition) is 4. The number of aryl methyl sites for hydroxylation is 2. The van der Waals surface area contributed by atoms with E-state index in [4.69, 9.17) is 11.6 Å². The Morgan fingerprint density at radius 2 is 1.81 bits per heavy atom. The van der Waals surface area contributed by atoms with Crippen LogP contribution in [0.5, 0.6) is 0 Å². The van der Waals surface area contributed by atoms with E-state index in [0.717, 1.165) is 11.1 Å². The normalized spacial score (nSPS) is 10.4. The van der Waals surface area contributed by atoms with Crippen molar-refractivity contribution in [3.63, 3.8) is 0 Å². The highest BCUT2D eigenvalue weighted by atomic mass is 35.5. The van der Waals surface area contributed by atoms with Gasteiger partial charge in [-0.1, -0.05) is 48.0 Å². The molecule has 0 spiro atoms. The largest absolute Gasteiger partial charge is 0.366 e. The summed E-state index contributed by atoms with van der Waals surface area (Å²) in [6.07, 6.45) is 0. The SMILES string of the molecule is Cc1nc(NCc2ccccc2)cc(C(=O)Nc2cc(Cl)ccc2C)n1. The predicted octanol–water partition coefficient (Wildman–Crippen LogP) is 4.61. The number of halogens is 1. The number of nitrogens with zero attached hydrogens (tertiary/aromatic N) is 2. The van der Waals surface area contributed by atoms with Gasteiger partial charge in [-0.05, 0) is 37.1 Å². The molecule has 0 fully saturated rings. The quantitative estimate of drug-likeness (QED) is 0.691. The molecule has 0 aliphatic rings. The van der Waals surface area contributed by atoms with Crippen molar-refractivity contribution < 1.29 is 4.79 Å². The Morgan fingerprint density at radius 1 is 1.04 bits per heavy atom. The average Bonchev–Trinajstić information content (AvgIpc) is 2.63. The Hall–Kier alpha value is -2.92. The second kappa shape index (κ2) is 7.97. The molecule has 0 radical (unpaired) electrons. The molecular weight excluding hydrogens is 348 g/mol. The molecule has 0 aliphatic carbocycles. The molecule has 1 heterocycles. The molecule has 0 unspecified atom stereocenters. The van der Waals surface area contributed by atoms with Crippen molar-refractivity contribution in [2.45, 2.75) is 20.4 Å². The molecule has 0 atom stereocenters. The molecule has 5 nitrogen and oxygen atoms in total. The van der Waals surface area contributed by atoms with Gasteiger partial charge in [0.25, 0.3) is 5.91 Å². The van der Waals surface area contributed by atoms with Gasteiger partial charge in [0.1, 0.15) is 17.3 Å². The monoisotopic (exact) mass is 366 g/mol. The van der Waals surface area contributed by atoms with E-state index in [1.54, 1.807) is 25.1 Å². The first-order chi connectivity index (χ1) is 12.5. The first kappa shape index (κ1) is 17.9. The third-order valence-electron chi connectivity index (χ3n) is 3.83. The number of carbonyl (C=O) groups is 1. The molecule has 6 heteroatoms. The molecule has 0 saturated carbocycles. The maximum absolute atomic E-state index is 12.6. The van der Waals surface area contributed by atoms with Crippen molar-refractivity contribution in [3.05, 3.63) is 82.3 Å². The minimum atomic E-state index is -0.302. The summed E-state index contributed by atoms with van der Waals surface area (Å²) >= 11 is 6.01. The summed E-state index contributed by atoms with van der Waals surface area (Å²) in [4.78, 5) is 21.2. The Bertz CT molecular complexity index is 928. The van der Waals surface area contributed by atoms with Gasteiger partial charge in [-0.3, -0.25) is 4.79 Å². The number of rotatable bonds is 5. The molecule has 0 bridgehead atoms. The fourth-order valence-electron chi connectivity index (χ4n) is 2.48. The predicted molar refractivity (Wildman–Crippen MR) is 105 cm³/mol. The maximum Gasteiger partial charge on any atom is 0.274 e. The van der Waals surface area contributed by atoms with Gasteiger partial charge in [-0.15, -0.1) is 0 Å². The molecular formula is C20H19ClN4O. The highest BCUT2D eigenvalue weighted by Crippen LogP contribution is 2.21. The minimum absolute atomic E-state index is 0.299. The fourth-order valence-corrected chi connectivity index (χ4v) is 2.65. The first-order valence-corrected chi connectivity index (χ1v) is 8.60. The Morgan fingerprint density at radius 3 is 2.58 bits per heavy atom.